The summed E-state index contributed by atoms with van der Waals surface area (Å²) >= 11 is 0. The van der Waals surface area contributed by atoms with Crippen molar-refractivity contribution in [3.05, 3.63) is 40.8 Å². The smallest absolute Gasteiger partial charge is 0.274 e. The van der Waals surface area contributed by atoms with Gasteiger partial charge >= 0.3 is 0 Å². The van der Waals surface area contributed by atoms with Gasteiger partial charge in [0.15, 0.2) is 0 Å². The Morgan fingerprint density at radius 3 is 2.94 bits per heavy atom. The molecule has 0 aliphatic rings. The lowest BCUT2D eigenvalue weighted by Gasteiger charge is -2.10. The zero-order valence-corrected chi connectivity index (χ0v) is 10.9. The van der Waals surface area contributed by atoms with Crippen LogP contribution in [0.5, 0.6) is 0 Å². The molecular formula is C14H19N3O. The van der Waals surface area contributed by atoms with Crippen LogP contribution in [0.25, 0.3) is 10.8 Å². The molecule has 2 aromatic rings. The van der Waals surface area contributed by atoms with Crippen LogP contribution in [0.4, 0.5) is 0 Å². The third-order valence-electron chi connectivity index (χ3n) is 3.26. The molecule has 2 rings (SSSR count). The molecule has 1 heterocycles. The van der Waals surface area contributed by atoms with Gasteiger partial charge in [0, 0.05) is 18.0 Å². The van der Waals surface area contributed by atoms with Crippen LogP contribution in [-0.4, -0.2) is 22.9 Å². The van der Waals surface area contributed by atoms with Gasteiger partial charge in [-0.2, -0.15) is 5.10 Å². The minimum Gasteiger partial charge on any atom is -0.317 e. The minimum absolute atomic E-state index is 0.00482. The maximum absolute atomic E-state index is 12.2. The third-order valence-corrected chi connectivity index (χ3v) is 3.26. The highest BCUT2D eigenvalue weighted by Gasteiger charge is 2.04. The summed E-state index contributed by atoms with van der Waals surface area (Å²) < 4.78 is 1.56. The summed E-state index contributed by atoms with van der Waals surface area (Å²) in [5.74, 6) is 0. The van der Waals surface area contributed by atoms with Crippen LogP contribution in [-0.2, 0) is 6.54 Å². The lowest BCUT2D eigenvalue weighted by atomic mass is 10.2. The summed E-state index contributed by atoms with van der Waals surface area (Å²) in [6, 6.07) is 8.05. The molecule has 1 N–H and O–H groups in total. The number of aryl methyl sites for hydroxylation is 1. The molecular weight excluding hydrogens is 226 g/mol. The van der Waals surface area contributed by atoms with E-state index in [4.69, 9.17) is 0 Å². The van der Waals surface area contributed by atoms with E-state index in [1.165, 1.54) is 0 Å². The molecule has 96 valence electrons. The van der Waals surface area contributed by atoms with Gasteiger partial charge in [-0.1, -0.05) is 18.2 Å². The van der Waals surface area contributed by atoms with E-state index in [0.717, 1.165) is 23.6 Å². The van der Waals surface area contributed by atoms with E-state index in [2.05, 4.69) is 17.3 Å². The normalized spacial score (nSPS) is 12.8. The Bertz CT molecular complexity index is 577. The summed E-state index contributed by atoms with van der Waals surface area (Å²) in [5.41, 5.74) is 0.00482. The average Bonchev–Trinajstić information content (AvgIpc) is 2.41. The van der Waals surface area contributed by atoms with E-state index >= 15 is 0 Å². The van der Waals surface area contributed by atoms with Crippen molar-refractivity contribution in [2.45, 2.75) is 32.4 Å². The molecule has 0 radical (unpaired) electrons. The Kier molecular flexibility index (Phi) is 4.10. The van der Waals surface area contributed by atoms with Crippen LogP contribution < -0.4 is 10.9 Å². The molecule has 4 heteroatoms. The van der Waals surface area contributed by atoms with Crippen molar-refractivity contribution in [2.24, 2.45) is 0 Å². The van der Waals surface area contributed by atoms with Crippen molar-refractivity contribution in [1.82, 2.24) is 15.1 Å². The fourth-order valence-electron chi connectivity index (χ4n) is 1.98. The van der Waals surface area contributed by atoms with Crippen molar-refractivity contribution in [1.29, 1.82) is 0 Å². The quantitative estimate of drug-likeness (QED) is 0.873. The van der Waals surface area contributed by atoms with Crippen LogP contribution in [0.15, 0.2) is 35.3 Å². The molecule has 0 saturated heterocycles. The molecule has 1 aromatic carbocycles. The first kappa shape index (κ1) is 12.8. The monoisotopic (exact) mass is 245 g/mol. The van der Waals surface area contributed by atoms with Crippen molar-refractivity contribution >= 4 is 10.8 Å². The number of fused-ring (bicyclic) bond motifs is 1. The van der Waals surface area contributed by atoms with Crippen molar-refractivity contribution in [3.63, 3.8) is 0 Å². The lowest BCUT2D eigenvalue weighted by Crippen LogP contribution is -2.25. The van der Waals surface area contributed by atoms with Gasteiger partial charge in [-0.05, 0) is 32.9 Å². The second-order valence-electron chi connectivity index (χ2n) is 4.59. The van der Waals surface area contributed by atoms with E-state index in [9.17, 15) is 4.79 Å². The summed E-state index contributed by atoms with van der Waals surface area (Å²) in [4.78, 5) is 12.2. The minimum atomic E-state index is 0.00482. The highest BCUT2D eigenvalue weighted by Crippen LogP contribution is 2.06. The first-order valence-corrected chi connectivity index (χ1v) is 6.34. The topological polar surface area (TPSA) is 46.9 Å². The van der Waals surface area contributed by atoms with Gasteiger partial charge < -0.3 is 5.32 Å². The fraction of sp³-hybridized carbons (Fsp3) is 0.429. The maximum Gasteiger partial charge on any atom is 0.274 e. The molecule has 1 atom stereocenters. The second-order valence-corrected chi connectivity index (χ2v) is 4.59. The predicted octanol–water partition coefficient (Wildman–Crippen LogP) is 1.78. The van der Waals surface area contributed by atoms with Gasteiger partial charge in [-0.15, -0.1) is 0 Å². The zero-order chi connectivity index (χ0) is 13.0. The van der Waals surface area contributed by atoms with Crippen LogP contribution in [0, 0.1) is 0 Å². The number of rotatable bonds is 5. The Hall–Kier alpha value is -1.68. The molecule has 0 aliphatic carbocycles. The van der Waals surface area contributed by atoms with Crippen LogP contribution in [0.2, 0.25) is 0 Å². The van der Waals surface area contributed by atoms with Gasteiger partial charge in [0.05, 0.1) is 11.6 Å². The Morgan fingerprint density at radius 1 is 1.39 bits per heavy atom. The SMILES string of the molecule is CNC(C)CCCn1ncc2ccccc2c1=O. The number of aromatic nitrogens is 2. The summed E-state index contributed by atoms with van der Waals surface area (Å²) in [7, 11) is 1.95. The Labute approximate surface area is 107 Å². The largest absolute Gasteiger partial charge is 0.317 e. The molecule has 0 bridgehead atoms. The molecule has 0 spiro atoms. The Morgan fingerprint density at radius 2 is 2.17 bits per heavy atom. The number of nitrogens with zero attached hydrogens (tertiary/aromatic N) is 2. The number of benzene rings is 1. The lowest BCUT2D eigenvalue weighted by molar-refractivity contribution is 0.478. The molecule has 0 fully saturated rings. The summed E-state index contributed by atoms with van der Waals surface area (Å²) in [6.07, 6.45) is 3.75. The van der Waals surface area contributed by atoms with E-state index in [0.29, 0.717) is 12.6 Å². The van der Waals surface area contributed by atoms with E-state index < -0.39 is 0 Å². The summed E-state index contributed by atoms with van der Waals surface area (Å²) in [6.45, 7) is 2.81. The second kappa shape index (κ2) is 5.78. The molecule has 1 aromatic heterocycles. The fourth-order valence-corrected chi connectivity index (χ4v) is 1.98. The molecule has 18 heavy (non-hydrogen) atoms. The standard InChI is InChI=1S/C14H19N3O/c1-11(15-2)6-5-9-17-14(18)13-8-4-3-7-12(13)10-16-17/h3-4,7-8,10-11,15H,5-6,9H2,1-2H3. The van der Waals surface area contributed by atoms with E-state index in [1.807, 2.05) is 31.3 Å². The number of nitrogens with one attached hydrogen (secondary N) is 1. The van der Waals surface area contributed by atoms with Gasteiger partial charge in [0.2, 0.25) is 0 Å². The number of hydrogen-bond donors (Lipinski definition) is 1. The van der Waals surface area contributed by atoms with Crippen LogP contribution in [0.3, 0.4) is 0 Å². The van der Waals surface area contributed by atoms with Crippen molar-refractivity contribution < 1.29 is 0 Å². The van der Waals surface area contributed by atoms with Gasteiger partial charge in [-0.25, -0.2) is 4.68 Å². The van der Waals surface area contributed by atoms with Crippen LogP contribution in [0.1, 0.15) is 19.8 Å². The highest BCUT2D eigenvalue weighted by atomic mass is 16.1. The highest BCUT2D eigenvalue weighted by molar-refractivity contribution is 5.80. The third kappa shape index (κ3) is 2.76. The predicted molar refractivity (Wildman–Crippen MR) is 73.8 cm³/mol. The van der Waals surface area contributed by atoms with Crippen molar-refractivity contribution in [3.8, 4) is 0 Å². The maximum atomic E-state index is 12.2. The average molecular weight is 245 g/mol. The first-order valence-electron chi connectivity index (χ1n) is 6.34. The van der Waals surface area contributed by atoms with E-state index in [1.54, 1.807) is 10.9 Å². The van der Waals surface area contributed by atoms with E-state index in [-0.39, 0.29) is 5.56 Å². The van der Waals surface area contributed by atoms with Gasteiger partial charge in [0.1, 0.15) is 0 Å². The first-order chi connectivity index (χ1) is 8.72. The van der Waals surface area contributed by atoms with Gasteiger partial charge in [0.25, 0.3) is 5.56 Å². The van der Waals surface area contributed by atoms with Gasteiger partial charge in [-0.3, -0.25) is 4.79 Å². The molecule has 4 nitrogen and oxygen atoms in total. The molecule has 0 aliphatic heterocycles. The molecule has 0 saturated carbocycles. The Balaban J connectivity index is 2.14. The van der Waals surface area contributed by atoms with Crippen molar-refractivity contribution in [2.75, 3.05) is 7.05 Å². The summed E-state index contributed by atoms with van der Waals surface area (Å²) in [5, 5.41) is 9.05. The molecule has 1 unspecified atom stereocenters. The molecule has 0 amide bonds. The van der Waals surface area contributed by atoms with Crippen LogP contribution >= 0.6 is 0 Å². The zero-order valence-electron chi connectivity index (χ0n) is 10.9. The number of hydrogen-bond acceptors (Lipinski definition) is 3.